The second kappa shape index (κ2) is 7.14. The van der Waals surface area contributed by atoms with Gasteiger partial charge >= 0.3 is 12.0 Å². The molecule has 0 spiro atoms. The highest BCUT2D eigenvalue weighted by molar-refractivity contribution is 5.87. The Balaban J connectivity index is 2.91. The Labute approximate surface area is 128 Å². The van der Waals surface area contributed by atoms with Gasteiger partial charge in [0.05, 0.1) is 0 Å². The summed E-state index contributed by atoms with van der Waals surface area (Å²) in [6, 6.07) is -0.0253. The van der Waals surface area contributed by atoms with Gasteiger partial charge in [0.2, 0.25) is 0 Å². The molecule has 0 saturated carbocycles. The third kappa shape index (κ3) is 3.69. The lowest BCUT2D eigenvalue weighted by atomic mass is 9.91. The monoisotopic (exact) mass is 298 g/mol. The normalized spacial score (nSPS) is 23.4. The first-order valence-electron chi connectivity index (χ1n) is 8.04. The number of urea groups is 1. The lowest BCUT2D eigenvalue weighted by Crippen LogP contribution is -2.57. The molecule has 21 heavy (non-hydrogen) atoms. The lowest BCUT2D eigenvalue weighted by Gasteiger charge is -2.39. The summed E-state index contributed by atoms with van der Waals surface area (Å²) in [4.78, 5) is 27.8. The number of carboxylic acid groups (broad SMARTS) is 1. The number of carbonyl (C=O) groups is 2. The van der Waals surface area contributed by atoms with Crippen LogP contribution in [0.5, 0.6) is 0 Å². The van der Waals surface area contributed by atoms with Crippen molar-refractivity contribution in [2.75, 3.05) is 13.6 Å². The van der Waals surface area contributed by atoms with Crippen LogP contribution in [-0.2, 0) is 4.79 Å². The van der Waals surface area contributed by atoms with Crippen LogP contribution in [-0.4, -0.2) is 52.1 Å². The molecule has 5 nitrogen and oxygen atoms in total. The van der Waals surface area contributed by atoms with Gasteiger partial charge in [-0.1, -0.05) is 27.2 Å². The van der Waals surface area contributed by atoms with Crippen molar-refractivity contribution in [3.05, 3.63) is 0 Å². The second-order valence-corrected chi connectivity index (χ2v) is 6.71. The van der Waals surface area contributed by atoms with Crippen LogP contribution in [0.4, 0.5) is 4.79 Å². The van der Waals surface area contributed by atoms with Gasteiger partial charge in [0, 0.05) is 19.6 Å². The molecule has 5 heteroatoms. The second-order valence-electron chi connectivity index (χ2n) is 6.71. The molecule has 1 fully saturated rings. The van der Waals surface area contributed by atoms with E-state index in [1.807, 2.05) is 13.8 Å². The molecular formula is C16H30N2O3. The zero-order chi connectivity index (χ0) is 16.2. The predicted molar refractivity (Wildman–Crippen MR) is 83.3 cm³/mol. The molecule has 1 aliphatic rings. The van der Waals surface area contributed by atoms with Crippen molar-refractivity contribution in [1.82, 2.24) is 9.80 Å². The summed E-state index contributed by atoms with van der Waals surface area (Å²) in [7, 11) is 1.78. The van der Waals surface area contributed by atoms with E-state index in [0.29, 0.717) is 25.3 Å². The van der Waals surface area contributed by atoms with Crippen LogP contribution in [0.3, 0.4) is 0 Å². The molecule has 1 saturated heterocycles. The average Bonchev–Trinajstić information content (AvgIpc) is 2.81. The molecular weight excluding hydrogens is 268 g/mol. The van der Waals surface area contributed by atoms with Crippen molar-refractivity contribution >= 4 is 12.0 Å². The minimum Gasteiger partial charge on any atom is -0.479 e. The average molecular weight is 298 g/mol. The van der Waals surface area contributed by atoms with E-state index in [1.165, 1.54) is 0 Å². The fourth-order valence-electron chi connectivity index (χ4n) is 3.38. The van der Waals surface area contributed by atoms with Crippen molar-refractivity contribution in [1.29, 1.82) is 0 Å². The van der Waals surface area contributed by atoms with Crippen molar-refractivity contribution in [2.24, 2.45) is 5.92 Å². The Bertz CT molecular complexity index is 384. The highest BCUT2D eigenvalue weighted by Gasteiger charge is 2.50. The Morgan fingerprint density at radius 3 is 2.43 bits per heavy atom. The van der Waals surface area contributed by atoms with E-state index in [2.05, 4.69) is 13.8 Å². The van der Waals surface area contributed by atoms with Crippen LogP contribution >= 0.6 is 0 Å². The number of hydrogen-bond donors (Lipinski definition) is 1. The summed E-state index contributed by atoms with van der Waals surface area (Å²) in [6.07, 6.45) is 3.55. The quantitative estimate of drug-likeness (QED) is 0.819. The molecule has 0 radical (unpaired) electrons. The number of rotatable bonds is 6. The van der Waals surface area contributed by atoms with Crippen molar-refractivity contribution in [3.63, 3.8) is 0 Å². The summed E-state index contributed by atoms with van der Waals surface area (Å²) in [5, 5.41) is 9.67. The number of hydrogen-bond acceptors (Lipinski definition) is 2. The summed E-state index contributed by atoms with van der Waals surface area (Å²) in [6.45, 7) is 8.80. The topological polar surface area (TPSA) is 60.9 Å². The number of nitrogens with zero attached hydrogens (tertiary/aromatic N) is 2. The zero-order valence-corrected chi connectivity index (χ0v) is 14.1. The molecule has 2 amide bonds. The van der Waals surface area contributed by atoms with Gasteiger partial charge in [0.1, 0.15) is 5.54 Å². The summed E-state index contributed by atoms with van der Waals surface area (Å²) in [5.41, 5.74) is -1.00. The fraction of sp³-hybridized carbons (Fsp3) is 0.875. The maximum absolute atomic E-state index is 12.8. The minimum atomic E-state index is -1.00. The maximum Gasteiger partial charge on any atom is 0.329 e. The van der Waals surface area contributed by atoms with Gasteiger partial charge in [-0.3, -0.25) is 0 Å². The third-order valence-corrected chi connectivity index (χ3v) is 4.56. The molecule has 2 atom stereocenters. The SMILES string of the molecule is CCCC1(C(=O)O)CCCN1C(=O)N(C)C(C)CC(C)C. The third-order valence-electron chi connectivity index (χ3n) is 4.56. The Morgan fingerprint density at radius 1 is 1.33 bits per heavy atom. The van der Waals surface area contributed by atoms with Crippen molar-refractivity contribution < 1.29 is 14.7 Å². The Kier molecular flexibility index (Phi) is 6.05. The standard InChI is InChI=1S/C16H30N2O3/c1-6-8-16(14(19)20)9-7-10-18(16)15(21)17(5)13(4)11-12(2)3/h12-13H,6-11H2,1-5H3,(H,19,20). The highest BCUT2D eigenvalue weighted by Crippen LogP contribution is 2.35. The number of likely N-dealkylation sites (tertiary alicyclic amines) is 1. The zero-order valence-electron chi connectivity index (χ0n) is 14.1. The van der Waals surface area contributed by atoms with E-state index in [1.54, 1.807) is 16.8 Å². The van der Waals surface area contributed by atoms with Crippen LogP contribution in [0, 0.1) is 5.92 Å². The van der Waals surface area contributed by atoms with E-state index >= 15 is 0 Å². The van der Waals surface area contributed by atoms with Gasteiger partial charge in [-0.05, 0) is 38.5 Å². The van der Waals surface area contributed by atoms with Crippen LogP contribution in [0.15, 0.2) is 0 Å². The lowest BCUT2D eigenvalue weighted by molar-refractivity contribution is -0.148. The summed E-state index contributed by atoms with van der Waals surface area (Å²) >= 11 is 0. The molecule has 0 bridgehead atoms. The van der Waals surface area contributed by atoms with Crippen molar-refractivity contribution in [2.45, 2.75) is 71.4 Å². The minimum absolute atomic E-state index is 0.117. The summed E-state index contributed by atoms with van der Waals surface area (Å²) in [5.74, 6) is -0.353. The van der Waals surface area contributed by atoms with E-state index < -0.39 is 11.5 Å². The van der Waals surface area contributed by atoms with E-state index in [9.17, 15) is 14.7 Å². The molecule has 1 aliphatic heterocycles. The van der Waals surface area contributed by atoms with Gasteiger partial charge in [0.15, 0.2) is 0 Å². The maximum atomic E-state index is 12.8. The van der Waals surface area contributed by atoms with Gasteiger partial charge < -0.3 is 14.9 Å². The molecule has 0 aliphatic carbocycles. The molecule has 122 valence electrons. The van der Waals surface area contributed by atoms with Gasteiger partial charge in [-0.2, -0.15) is 0 Å². The number of aliphatic carboxylic acids is 1. The van der Waals surface area contributed by atoms with Crippen LogP contribution < -0.4 is 0 Å². The smallest absolute Gasteiger partial charge is 0.329 e. The van der Waals surface area contributed by atoms with Crippen LogP contribution in [0.2, 0.25) is 0 Å². The van der Waals surface area contributed by atoms with E-state index in [4.69, 9.17) is 0 Å². The molecule has 1 heterocycles. The van der Waals surface area contributed by atoms with Gasteiger partial charge in [-0.25, -0.2) is 9.59 Å². The molecule has 2 unspecified atom stereocenters. The van der Waals surface area contributed by atoms with Gasteiger partial charge in [0.25, 0.3) is 0 Å². The first-order chi connectivity index (χ1) is 9.76. The Morgan fingerprint density at radius 2 is 1.95 bits per heavy atom. The summed E-state index contributed by atoms with van der Waals surface area (Å²) < 4.78 is 0. The first kappa shape index (κ1) is 17.8. The van der Waals surface area contributed by atoms with Gasteiger partial charge in [-0.15, -0.1) is 0 Å². The number of carbonyl (C=O) groups excluding carboxylic acids is 1. The highest BCUT2D eigenvalue weighted by atomic mass is 16.4. The van der Waals surface area contributed by atoms with E-state index in [-0.39, 0.29) is 12.1 Å². The fourth-order valence-corrected chi connectivity index (χ4v) is 3.38. The number of amides is 2. The predicted octanol–water partition coefficient (Wildman–Crippen LogP) is 3.19. The van der Waals surface area contributed by atoms with Crippen molar-refractivity contribution in [3.8, 4) is 0 Å². The molecule has 1 rings (SSSR count). The number of carboxylic acids is 1. The molecule has 1 N–H and O–H groups in total. The molecule has 0 aromatic rings. The molecule has 0 aromatic carbocycles. The molecule has 0 aromatic heterocycles. The van der Waals surface area contributed by atoms with Crippen LogP contribution in [0.1, 0.15) is 59.8 Å². The largest absolute Gasteiger partial charge is 0.479 e. The van der Waals surface area contributed by atoms with E-state index in [0.717, 1.165) is 19.3 Å². The first-order valence-corrected chi connectivity index (χ1v) is 8.04. The van der Waals surface area contributed by atoms with Crippen LogP contribution in [0.25, 0.3) is 0 Å². The Hall–Kier alpha value is -1.26.